The summed E-state index contributed by atoms with van der Waals surface area (Å²) in [5.41, 5.74) is 2.40. The molecule has 1 aromatic rings. The Bertz CT molecular complexity index is 365. The maximum absolute atomic E-state index is 9.73. The van der Waals surface area contributed by atoms with E-state index in [-0.39, 0.29) is 12.0 Å². The Kier molecular flexibility index (Phi) is 2.89. The van der Waals surface area contributed by atoms with Crippen LogP contribution in [-0.2, 0) is 0 Å². The zero-order chi connectivity index (χ0) is 11.0. The Morgan fingerprint density at radius 1 is 1.60 bits per heavy atom. The van der Waals surface area contributed by atoms with E-state index in [9.17, 15) is 5.11 Å². The molecule has 0 aliphatic carbocycles. The summed E-state index contributed by atoms with van der Waals surface area (Å²) in [6.07, 6.45) is -0.321. The summed E-state index contributed by atoms with van der Waals surface area (Å²) in [5, 5.41) is 10.5. The summed E-state index contributed by atoms with van der Waals surface area (Å²) in [6.45, 7) is 5.83. The van der Waals surface area contributed by atoms with Gasteiger partial charge in [0.05, 0.1) is 6.10 Å². The maximum atomic E-state index is 9.73. The van der Waals surface area contributed by atoms with Gasteiger partial charge in [-0.15, -0.1) is 0 Å². The van der Waals surface area contributed by atoms with E-state index in [1.54, 1.807) is 0 Å². The van der Waals surface area contributed by atoms with E-state index >= 15 is 0 Å². The molecule has 0 amide bonds. The summed E-state index contributed by atoms with van der Waals surface area (Å²) < 4.78 is 0. The lowest BCUT2D eigenvalue weighted by Gasteiger charge is -2.18. The number of fused-ring (bicyclic) bond motifs is 1. The molecule has 0 radical (unpaired) electrons. The van der Waals surface area contributed by atoms with Gasteiger partial charge in [0.2, 0.25) is 0 Å². The minimum atomic E-state index is -0.321. The fourth-order valence-electron chi connectivity index (χ4n) is 2.26. The first-order chi connectivity index (χ1) is 7.13. The summed E-state index contributed by atoms with van der Waals surface area (Å²) in [4.78, 5) is 2.28. The monoisotopic (exact) mass is 225 g/mol. The van der Waals surface area contributed by atoms with Gasteiger partial charge in [0, 0.05) is 29.7 Å². The van der Waals surface area contributed by atoms with Crippen molar-refractivity contribution >= 4 is 17.3 Å². The zero-order valence-electron chi connectivity index (χ0n) is 9.07. The molecule has 0 fully saturated rings. The number of hydrogen-bond donors (Lipinski definition) is 1. The molecule has 1 aliphatic rings. The summed E-state index contributed by atoms with van der Waals surface area (Å²) in [6, 6.07) is 5.93. The van der Waals surface area contributed by atoms with E-state index in [2.05, 4.69) is 11.8 Å². The van der Waals surface area contributed by atoms with Crippen LogP contribution in [0.25, 0.3) is 0 Å². The van der Waals surface area contributed by atoms with Crippen molar-refractivity contribution < 1.29 is 5.11 Å². The van der Waals surface area contributed by atoms with Crippen molar-refractivity contribution in [3.8, 4) is 0 Å². The molecule has 0 spiro atoms. The Labute approximate surface area is 95.5 Å². The van der Waals surface area contributed by atoms with E-state index in [4.69, 9.17) is 11.6 Å². The van der Waals surface area contributed by atoms with E-state index < -0.39 is 0 Å². The highest BCUT2D eigenvalue weighted by molar-refractivity contribution is 6.30. The third-order valence-electron chi connectivity index (χ3n) is 3.11. The minimum absolute atomic E-state index is 0.193. The van der Waals surface area contributed by atoms with E-state index in [0.717, 1.165) is 18.1 Å². The fraction of sp³-hybridized carbons (Fsp3) is 0.500. The number of aliphatic hydroxyl groups excluding tert-OH is 1. The molecule has 1 N–H and O–H groups in total. The van der Waals surface area contributed by atoms with Gasteiger partial charge >= 0.3 is 0 Å². The summed E-state index contributed by atoms with van der Waals surface area (Å²) in [5.74, 6) is 0.193. The maximum Gasteiger partial charge on any atom is 0.0598 e. The molecule has 1 aromatic carbocycles. The topological polar surface area (TPSA) is 23.5 Å². The van der Waals surface area contributed by atoms with Crippen molar-refractivity contribution in [1.29, 1.82) is 0 Å². The Morgan fingerprint density at radius 2 is 2.33 bits per heavy atom. The van der Waals surface area contributed by atoms with Gasteiger partial charge < -0.3 is 10.0 Å². The molecule has 82 valence electrons. The number of hydrogen-bond acceptors (Lipinski definition) is 2. The Hall–Kier alpha value is -0.730. The van der Waals surface area contributed by atoms with Crippen LogP contribution in [0.3, 0.4) is 0 Å². The summed E-state index contributed by atoms with van der Waals surface area (Å²) >= 11 is 5.98. The van der Waals surface area contributed by atoms with E-state index in [1.165, 1.54) is 11.3 Å². The van der Waals surface area contributed by atoms with Gasteiger partial charge in [0.15, 0.2) is 0 Å². The van der Waals surface area contributed by atoms with Crippen molar-refractivity contribution in [3.63, 3.8) is 0 Å². The molecule has 0 aromatic heterocycles. The van der Waals surface area contributed by atoms with E-state index in [0.29, 0.717) is 0 Å². The highest BCUT2D eigenvalue weighted by Gasteiger charge is 2.30. The second-order valence-electron chi connectivity index (χ2n) is 4.09. The number of halogens is 1. The highest BCUT2D eigenvalue weighted by atomic mass is 35.5. The van der Waals surface area contributed by atoms with Crippen LogP contribution >= 0.6 is 11.6 Å². The SMILES string of the molecule is CCN1CC(C(C)O)c2cc(Cl)ccc21. The van der Waals surface area contributed by atoms with Crippen molar-refractivity contribution in [2.75, 3.05) is 18.0 Å². The van der Waals surface area contributed by atoms with Gasteiger partial charge in [-0.25, -0.2) is 0 Å². The lowest BCUT2D eigenvalue weighted by atomic mass is 9.97. The van der Waals surface area contributed by atoms with Crippen LogP contribution in [-0.4, -0.2) is 24.3 Å². The van der Waals surface area contributed by atoms with Crippen LogP contribution in [0.4, 0.5) is 5.69 Å². The van der Waals surface area contributed by atoms with E-state index in [1.807, 2.05) is 25.1 Å². The second kappa shape index (κ2) is 4.03. The van der Waals surface area contributed by atoms with Gasteiger partial charge in [-0.3, -0.25) is 0 Å². The predicted octanol–water partition coefficient (Wildman–Crippen LogP) is 2.64. The molecule has 2 nitrogen and oxygen atoms in total. The molecule has 2 atom stereocenters. The normalized spacial score (nSPS) is 21.6. The smallest absolute Gasteiger partial charge is 0.0598 e. The van der Waals surface area contributed by atoms with Crippen molar-refractivity contribution in [1.82, 2.24) is 0 Å². The van der Waals surface area contributed by atoms with Crippen molar-refractivity contribution in [2.45, 2.75) is 25.9 Å². The first kappa shape index (κ1) is 10.8. The Morgan fingerprint density at radius 3 is 2.93 bits per heavy atom. The molecule has 3 heteroatoms. The average molecular weight is 226 g/mol. The number of rotatable bonds is 2. The van der Waals surface area contributed by atoms with Crippen LogP contribution in [0, 0.1) is 0 Å². The number of nitrogens with zero attached hydrogens (tertiary/aromatic N) is 1. The average Bonchev–Trinajstić information content (AvgIpc) is 2.55. The van der Waals surface area contributed by atoms with Gasteiger partial charge in [-0.2, -0.15) is 0 Å². The van der Waals surface area contributed by atoms with Gasteiger partial charge in [0.25, 0.3) is 0 Å². The molecule has 2 rings (SSSR count). The minimum Gasteiger partial charge on any atom is -0.393 e. The van der Waals surface area contributed by atoms with Gasteiger partial charge in [-0.05, 0) is 37.6 Å². The predicted molar refractivity (Wildman–Crippen MR) is 63.8 cm³/mol. The summed E-state index contributed by atoms with van der Waals surface area (Å²) in [7, 11) is 0. The second-order valence-corrected chi connectivity index (χ2v) is 4.53. The quantitative estimate of drug-likeness (QED) is 0.837. The molecule has 1 heterocycles. The third kappa shape index (κ3) is 1.84. The van der Waals surface area contributed by atoms with Gasteiger partial charge in [-0.1, -0.05) is 11.6 Å². The van der Waals surface area contributed by atoms with Gasteiger partial charge in [0.1, 0.15) is 0 Å². The largest absolute Gasteiger partial charge is 0.393 e. The van der Waals surface area contributed by atoms with Crippen LogP contribution in [0.2, 0.25) is 5.02 Å². The van der Waals surface area contributed by atoms with Crippen molar-refractivity contribution in [3.05, 3.63) is 28.8 Å². The molecular weight excluding hydrogens is 210 g/mol. The number of benzene rings is 1. The van der Waals surface area contributed by atoms with Crippen molar-refractivity contribution in [2.24, 2.45) is 0 Å². The molecule has 0 bridgehead atoms. The molecule has 0 saturated carbocycles. The van der Waals surface area contributed by atoms with Crippen LogP contribution in [0.15, 0.2) is 18.2 Å². The molecular formula is C12H16ClNO. The molecule has 2 unspecified atom stereocenters. The van der Waals surface area contributed by atoms with Crippen LogP contribution < -0.4 is 4.90 Å². The number of aliphatic hydroxyl groups is 1. The first-order valence-corrected chi connectivity index (χ1v) is 5.73. The Balaban J connectivity index is 2.43. The first-order valence-electron chi connectivity index (χ1n) is 5.36. The lowest BCUT2D eigenvalue weighted by molar-refractivity contribution is 0.167. The third-order valence-corrected chi connectivity index (χ3v) is 3.35. The van der Waals surface area contributed by atoms with Crippen LogP contribution in [0.1, 0.15) is 25.3 Å². The number of likely N-dealkylation sites (N-methyl/N-ethyl adjacent to an activating group) is 1. The molecule has 1 aliphatic heterocycles. The lowest BCUT2D eigenvalue weighted by Crippen LogP contribution is -2.25. The standard InChI is InChI=1S/C12H16ClNO/c1-3-14-7-11(8(2)15)10-6-9(13)4-5-12(10)14/h4-6,8,11,15H,3,7H2,1-2H3. The zero-order valence-corrected chi connectivity index (χ0v) is 9.83. The molecule has 15 heavy (non-hydrogen) atoms. The fourth-order valence-corrected chi connectivity index (χ4v) is 2.44. The molecule has 0 saturated heterocycles. The van der Waals surface area contributed by atoms with Crippen LogP contribution in [0.5, 0.6) is 0 Å². The number of anilines is 1. The highest BCUT2D eigenvalue weighted by Crippen LogP contribution is 2.39.